The predicted octanol–water partition coefficient (Wildman–Crippen LogP) is 2.91. The number of aromatic nitrogens is 3. The molecule has 0 radical (unpaired) electrons. The number of H-pyrrole nitrogens is 1. The van der Waals surface area contributed by atoms with E-state index in [1.165, 1.54) is 0 Å². The molecule has 0 spiro atoms. The molecule has 0 fully saturated rings. The number of carbonyl (C=O) groups excluding carboxylic acids is 1. The molecule has 1 N–H and O–H groups in total. The number of nitrogens with zero attached hydrogens (tertiary/aromatic N) is 3. The van der Waals surface area contributed by atoms with Gasteiger partial charge >= 0.3 is 0 Å². The van der Waals surface area contributed by atoms with E-state index in [4.69, 9.17) is 11.6 Å². The first-order valence-corrected chi connectivity index (χ1v) is 7.91. The average Bonchev–Trinajstić information content (AvgIpc) is 2.86. The highest BCUT2D eigenvalue weighted by molar-refractivity contribution is 7.99. The van der Waals surface area contributed by atoms with Crippen molar-refractivity contribution < 1.29 is 4.79 Å². The molecule has 0 saturated heterocycles. The molecule has 0 atom stereocenters. The molecular formula is C14H17ClN4OS. The number of rotatable bonds is 6. The molecule has 1 amide bonds. The first-order valence-electron chi connectivity index (χ1n) is 6.55. The highest BCUT2D eigenvalue weighted by Gasteiger charge is 2.11. The Morgan fingerprint density at radius 2 is 2.10 bits per heavy atom. The van der Waals surface area contributed by atoms with Gasteiger partial charge in [0.15, 0.2) is 5.82 Å². The molecule has 0 aliphatic carbocycles. The van der Waals surface area contributed by atoms with Gasteiger partial charge in [-0.05, 0) is 31.2 Å². The van der Waals surface area contributed by atoms with E-state index >= 15 is 0 Å². The maximum absolute atomic E-state index is 12.0. The van der Waals surface area contributed by atoms with Crippen LogP contribution in [0.25, 0.3) is 0 Å². The van der Waals surface area contributed by atoms with Crippen molar-refractivity contribution in [3.05, 3.63) is 40.9 Å². The molecule has 7 heteroatoms. The number of benzene rings is 1. The van der Waals surface area contributed by atoms with Crippen LogP contribution in [0.2, 0.25) is 5.02 Å². The molecule has 112 valence electrons. The number of amides is 1. The maximum atomic E-state index is 12.0. The van der Waals surface area contributed by atoms with Crippen molar-refractivity contribution in [2.45, 2.75) is 24.8 Å². The van der Waals surface area contributed by atoms with Crippen molar-refractivity contribution in [2.24, 2.45) is 0 Å². The first-order chi connectivity index (χ1) is 10.0. The van der Waals surface area contributed by atoms with Crippen LogP contribution in [0.15, 0.2) is 29.2 Å². The van der Waals surface area contributed by atoms with Gasteiger partial charge in [0.25, 0.3) is 0 Å². The lowest BCUT2D eigenvalue weighted by Crippen LogP contribution is -2.26. The largest absolute Gasteiger partial charge is 0.338 e. The summed E-state index contributed by atoms with van der Waals surface area (Å²) in [5.41, 5.74) is 0. The van der Waals surface area contributed by atoms with Crippen LogP contribution < -0.4 is 0 Å². The Balaban J connectivity index is 1.74. The molecule has 5 nitrogen and oxygen atoms in total. The van der Waals surface area contributed by atoms with Crippen LogP contribution in [0.4, 0.5) is 0 Å². The zero-order valence-corrected chi connectivity index (χ0v) is 13.5. The number of aromatic amines is 1. The van der Waals surface area contributed by atoms with E-state index in [-0.39, 0.29) is 5.91 Å². The molecule has 0 aliphatic rings. The minimum absolute atomic E-state index is 0.0823. The second kappa shape index (κ2) is 7.47. The minimum Gasteiger partial charge on any atom is -0.338 e. The number of halogens is 1. The van der Waals surface area contributed by atoms with Crippen LogP contribution in [0.5, 0.6) is 0 Å². The van der Waals surface area contributed by atoms with Crippen molar-refractivity contribution in [2.75, 3.05) is 12.8 Å². The van der Waals surface area contributed by atoms with Gasteiger partial charge in [0.2, 0.25) is 5.91 Å². The lowest BCUT2D eigenvalue weighted by Gasteiger charge is -2.14. The number of hydrogen-bond donors (Lipinski definition) is 1. The van der Waals surface area contributed by atoms with Crippen LogP contribution in [0, 0.1) is 6.92 Å². The smallest absolute Gasteiger partial charge is 0.223 e. The number of hydrogen-bond acceptors (Lipinski definition) is 4. The Hall–Kier alpha value is -1.53. The Morgan fingerprint density at radius 1 is 1.38 bits per heavy atom. The first kappa shape index (κ1) is 15.9. The van der Waals surface area contributed by atoms with Gasteiger partial charge in [-0.3, -0.25) is 9.89 Å². The minimum atomic E-state index is 0.0823. The number of nitrogens with one attached hydrogen (secondary N) is 1. The van der Waals surface area contributed by atoms with Gasteiger partial charge in [0.05, 0.1) is 6.54 Å². The fraction of sp³-hybridized carbons (Fsp3) is 0.357. The molecule has 1 heterocycles. The molecule has 0 bridgehead atoms. The summed E-state index contributed by atoms with van der Waals surface area (Å²) < 4.78 is 0. The fourth-order valence-corrected chi connectivity index (χ4v) is 2.70. The quantitative estimate of drug-likeness (QED) is 0.830. The molecule has 21 heavy (non-hydrogen) atoms. The third-order valence-corrected chi connectivity index (χ3v) is 4.11. The van der Waals surface area contributed by atoms with E-state index in [1.54, 1.807) is 23.7 Å². The monoisotopic (exact) mass is 324 g/mol. The SMILES string of the molecule is Cc1nc(CN(C)C(=O)CCSc2ccc(Cl)cc2)n[nH]1. The van der Waals surface area contributed by atoms with Gasteiger partial charge in [-0.2, -0.15) is 5.10 Å². The Bertz CT molecular complexity index is 599. The van der Waals surface area contributed by atoms with Crippen LogP contribution in [-0.4, -0.2) is 38.8 Å². The summed E-state index contributed by atoms with van der Waals surface area (Å²) in [6.07, 6.45) is 0.479. The maximum Gasteiger partial charge on any atom is 0.223 e. The summed E-state index contributed by atoms with van der Waals surface area (Å²) in [6.45, 7) is 2.26. The van der Waals surface area contributed by atoms with Gasteiger partial charge in [-0.15, -0.1) is 11.8 Å². The second-order valence-corrected chi connectivity index (χ2v) is 6.24. The predicted molar refractivity (Wildman–Crippen MR) is 84.4 cm³/mol. The van der Waals surface area contributed by atoms with E-state index in [0.717, 1.165) is 21.5 Å². The van der Waals surface area contributed by atoms with Crippen molar-refractivity contribution in [3.8, 4) is 0 Å². The van der Waals surface area contributed by atoms with Crippen molar-refractivity contribution >= 4 is 29.3 Å². The normalized spacial score (nSPS) is 10.6. The van der Waals surface area contributed by atoms with Crippen molar-refractivity contribution in [3.63, 3.8) is 0 Å². The van der Waals surface area contributed by atoms with Gasteiger partial charge in [-0.25, -0.2) is 4.98 Å². The summed E-state index contributed by atoms with van der Waals surface area (Å²) in [4.78, 5) is 19.0. The van der Waals surface area contributed by atoms with Gasteiger partial charge in [-0.1, -0.05) is 11.6 Å². The molecule has 0 unspecified atom stereocenters. The van der Waals surface area contributed by atoms with Crippen LogP contribution in [0.1, 0.15) is 18.1 Å². The molecule has 1 aromatic carbocycles. The summed E-state index contributed by atoms with van der Waals surface area (Å²) in [7, 11) is 1.76. The van der Waals surface area contributed by atoms with Crippen LogP contribution >= 0.6 is 23.4 Å². The van der Waals surface area contributed by atoms with Gasteiger partial charge in [0.1, 0.15) is 5.82 Å². The lowest BCUT2D eigenvalue weighted by molar-refractivity contribution is -0.130. The van der Waals surface area contributed by atoms with Crippen LogP contribution in [-0.2, 0) is 11.3 Å². The van der Waals surface area contributed by atoms with E-state index in [9.17, 15) is 4.79 Å². The highest BCUT2D eigenvalue weighted by Crippen LogP contribution is 2.21. The number of thioether (sulfide) groups is 1. The molecule has 0 aliphatic heterocycles. The summed E-state index contributed by atoms with van der Waals surface area (Å²) in [6, 6.07) is 7.61. The summed E-state index contributed by atoms with van der Waals surface area (Å²) in [5, 5.41) is 7.51. The van der Waals surface area contributed by atoms with Crippen molar-refractivity contribution in [1.82, 2.24) is 20.1 Å². The second-order valence-electron chi connectivity index (χ2n) is 4.64. The Labute approximate surface area is 133 Å². The molecule has 2 aromatic rings. The van der Waals surface area contributed by atoms with E-state index < -0.39 is 0 Å². The third kappa shape index (κ3) is 5.06. The average molecular weight is 325 g/mol. The van der Waals surface area contributed by atoms with Crippen molar-refractivity contribution in [1.29, 1.82) is 0 Å². The zero-order chi connectivity index (χ0) is 15.2. The standard InChI is InChI=1S/C14H17ClN4OS/c1-10-16-13(18-17-10)9-19(2)14(20)7-8-21-12-5-3-11(15)4-6-12/h3-6H,7-9H2,1-2H3,(H,16,17,18). The van der Waals surface area contributed by atoms with Crippen LogP contribution in [0.3, 0.4) is 0 Å². The fourth-order valence-electron chi connectivity index (χ4n) is 1.74. The molecule has 1 aromatic heterocycles. The Morgan fingerprint density at radius 3 is 2.71 bits per heavy atom. The number of aryl methyl sites for hydroxylation is 1. The number of carbonyl (C=O) groups is 1. The zero-order valence-electron chi connectivity index (χ0n) is 12.0. The summed E-state index contributed by atoms with van der Waals surface area (Å²) in [5.74, 6) is 2.20. The van der Waals surface area contributed by atoms with Gasteiger partial charge < -0.3 is 4.90 Å². The van der Waals surface area contributed by atoms with Gasteiger partial charge in [0, 0.05) is 29.1 Å². The lowest BCUT2D eigenvalue weighted by atomic mass is 10.4. The van der Waals surface area contributed by atoms with E-state index in [1.807, 2.05) is 31.2 Å². The van der Waals surface area contributed by atoms with E-state index in [2.05, 4.69) is 15.2 Å². The molecule has 0 saturated carbocycles. The molecular weight excluding hydrogens is 308 g/mol. The topological polar surface area (TPSA) is 61.9 Å². The highest BCUT2D eigenvalue weighted by atomic mass is 35.5. The Kier molecular flexibility index (Phi) is 5.64. The molecule has 2 rings (SSSR count). The van der Waals surface area contributed by atoms with E-state index in [0.29, 0.717) is 18.8 Å². The summed E-state index contributed by atoms with van der Waals surface area (Å²) >= 11 is 7.47. The third-order valence-electron chi connectivity index (χ3n) is 2.85.